The number of amides is 1. The van der Waals surface area contributed by atoms with E-state index < -0.39 is 8.07 Å². The van der Waals surface area contributed by atoms with Crippen molar-refractivity contribution in [3.63, 3.8) is 0 Å². The van der Waals surface area contributed by atoms with Crippen LogP contribution in [-0.4, -0.2) is 25.4 Å². The van der Waals surface area contributed by atoms with E-state index in [0.717, 1.165) is 6.54 Å². The summed E-state index contributed by atoms with van der Waals surface area (Å²) in [7, 11) is -1.29. The summed E-state index contributed by atoms with van der Waals surface area (Å²) in [6, 6.07) is 2.90. The highest BCUT2D eigenvalue weighted by molar-refractivity contribution is 6.83. The number of rotatable bonds is 0. The Bertz CT molecular complexity index is 231. The van der Waals surface area contributed by atoms with Crippen LogP contribution in [0.25, 0.3) is 0 Å². The van der Waals surface area contributed by atoms with Crippen molar-refractivity contribution < 1.29 is 4.79 Å². The van der Waals surface area contributed by atoms with E-state index in [2.05, 4.69) is 31.2 Å². The molecule has 0 atom stereocenters. The Labute approximate surface area is 68.6 Å². The van der Waals surface area contributed by atoms with Crippen molar-refractivity contribution in [2.45, 2.75) is 26.1 Å². The van der Waals surface area contributed by atoms with Crippen LogP contribution in [0, 0.1) is 11.6 Å². The van der Waals surface area contributed by atoms with Crippen molar-refractivity contribution in [3.8, 4) is 11.6 Å². The molecular weight excluding hydrogens is 154 g/mol. The molecule has 1 heterocycles. The van der Waals surface area contributed by atoms with E-state index in [1.165, 1.54) is 0 Å². The number of β-lactam (4-membered cyclic amide) rings is 1. The van der Waals surface area contributed by atoms with Crippen molar-refractivity contribution in [1.82, 2.24) is 4.90 Å². The third-order valence-corrected chi connectivity index (χ3v) is 2.28. The lowest BCUT2D eigenvalue weighted by molar-refractivity contribution is -0.135. The first-order valence-electron chi connectivity index (χ1n) is 3.82. The van der Waals surface area contributed by atoms with Crippen LogP contribution >= 0.6 is 0 Å². The van der Waals surface area contributed by atoms with Crippen molar-refractivity contribution in [1.29, 1.82) is 0 Å². The van der Waals surface area contributed by atoms with Crippen LogP contribution in [0.4, 0.5) is 0 Å². The van der Waals surface area contributed by atoms with Crippen molar-refractivity contribution >= 4 is 14.0 Å². The highest BCUT2D eigenvalue weighted by atomic mass is 28.3. The van der Waals surface area contributed by atoms with Gasteiger partial charge in [-0.2, -0.15) is 0 Å². The third-order valence-electron chi connectivity index (χ3n) is 1.42. The molecule has 0 aliphatic carbocycles. The fourth-order valence-electron chi connectivity index (χ4n) is 0.668. The molecule has 1 aliphatic heterocycles. The molecule has 11 heavy (non-hydrogen) atoms. The first-order chi connectivity index (χ1) is 4.99. The zero-order chi connectivity index (χ0) is 8.48. The van der Waals surface area contributed by atoms with Gasteiger partial charge < -0.3 is 0 Å². The van der Waals surface area contributed by atoms with Gasteiger partial charge in [0.1, 0.15) is 8.07 Å². The second kappa shape index (κ2) is 2.71. The van der Waals surface area contributed by atoms with Crippen LogP contribution in [0.15, 0.2) is 0 Å². The van der Waals surface area contributed by atoms with Crippen molar-refractivity contribution in [2.75, 3.05) is 6.54 Å². The predicted octanol–water partition coefficient (Wildman–Crippen LogP) is 1.06. The van der Waals surface area contributed by atoms with E-state index >= 15 is 0 Å². The molecule has 0 radical (unpaired) electrons. The highest BCUT2D eigenvalue weighted by Gasteiger charge is 2.22. The Morgan fingerprint density at radius 1 is 1.45 bits per heavy atom. The average molecular weight is 167 g/mol. The maximum Gasteiger partial charge on any atom is 0.235 e. The SMILES string of the molecule is C[Si](C)(C)C#CN1CCC1=O. The topological polar surface area (TPSA) is 20.3 Å². The minimum atomic E-state index is -1.29. The van der Waals surface area contributed by atoms with Crippen LogP contribution in [0.2, 0.25) is 19.6 Å². The van der Waals surface area contributed by atoms with E-state index in [1.807, 2.05) is 0 Å². The van der Waals surface area contributed by atoms with Gasteiger partial charge in [-0.25, -0.2) is 0 Å². The van der Waals surface area contributed by atoms with Gasteiger partial charge in [-0.15, -0.1) is 5.54 Å². The molecule has 0 unspecified atom stereocenters. The molecule has 0 spiro atoms. The fourth-order valence-corrected chi connectivity index (χ4v) is 1.14. The molecule has 1 rings (SSSR count). The maximum absolute atomic E-state index is 10.8. The molecule has 1 saturated heterocycles. The molecule has 0 N–H and O–H groups in total. The van der Waals surface area contributed by atoms with E-state index in [0.29, 0.717) is 6.42 Å². The Hall–Kier alpha value is -0.753. The van der Waals surface area contributed by atoms with Crippen LogP contribution in [0.1, 0.15) is 6.42 Å². The van der Waals surface area contributed by atoms with Gasteiger partial charge in [-0.3, -0.25) is 9.69 Å². The minimum absolute atomic E-state index is 0.177. The summed E-state index contributed by atoms with van der Waals surface area (Å²) in [5.41, 5.74) is 3.15. The molecule has 0 bridgehead atoms. The molecule has 1 aliphatic rings. The van der Waals surface area contributed by atoms with Crippen LogP contribution in [-0.2, 0) is 4.79 Å². The Kier molecular flexibility index (Phi) is 2.05. The molecular formula is C8H13NOSi. The molecule has 1 amide bonds. The molecule has 0 aromatic rings. The number of likely N-dealkylation sites (tertiary alicyclic amines) is 1. The average Bonchev–Trinajstić information content (AvgIpc) is 1.82. The lowest BCUT2D eigenvalue weighted by atomic mass is 10.2. The molecule has 3 heteroatoms. The zero-order valence-corrected chi connectivity index (χ0v) is 8.27. The van der Waals surface area contributed by atoms with Gasteiger partial charge >= 0.3 is 0 Å². The molecule has 60 valence electrons. The van der Waals surface area contributed by atoms with Crippen LogP contribution in [0.3, 0.4) is 0 Å². The first kappa shape index (κ1) is 8.34. The molecule has 0 saturated carbocycles. The number of carbonyl (C=O) groups is 1. The van der Waals surface area contributed by atoms with Gasteiger partial charge in [0.15, 0.2) is 0 Å². The van der Waals surface area contributed by atoms with Gasteiger partial charge in [0.2, 0.25) is 5.91 Å². The standard InChI is InChI=1S/C8H13NOSi/c1-11(2,3)7-6-9-5-4-8(9)10/h4-5H2,1-3H3. The number of carbonyl (C=O) groups excluding carboxylic acids is 1. The number of nitrogens with zero attached hydrogens (tertiary/aromatic N) is 1. The Morgan fingerprint density at radius 3 is 2.36 bits per heavy atom. The second-order valence-electron chi connectivity index (χ2n) is 3.78. The number of hydrogen-bond acceptors (Lipinski definition) is 1. The summed E-state index contributed by atoms with van der Waals surface area (Å²) in [4.78, 5) is 12.4. The largest absolute Gasteiger partial charge is 0.274 e. The maximum atomic E-state index is 10.8. The molecule has 2 nitrogen and oxygen atoms in total. The third kappa shape index (κ3) is 2.39. The lowest BCUT2D eigenvalue weighted by Gasteiger charge is -2.24. The summed E-state index contributed by atoms with van der Waals surface area (Å²) in [5, 5.41) is 0. The first-order valence-corrected chi connectivity index (χ1v) is 7.32. The predicted molar refractivity (Wildman–Crippen MR) is 47.5 cm³/mol. The van der Waals surface area contributed by atoms with E-state index in [-0.39, 0.29) is 5.91 Å². The van der Waals surface area contributed by atoms with Gasteiger partial charge in [-0.05, 0) is 0 Å². The lowest BCUT2D eigenvalue weighted by Crippen LogP contribution is -2.39. The van der Waals surface area contributed by atoms with Gasteiger partial charge in [-0.1, -0.05) is 19.6 Å². The quantitative estimate of drug-likeness (QED) is 0.300. The smallest absolute Gasteiger partial charge is 0.235 e. The van der Waals surface area contributed by atoms with E-state index in [4.69, 9.17) is 0 Å². The second-order valence-corrected chi connectivity index (χ2v) is 8.53. The van der Waals surface area contributed by atoms with E-state index in [9.17, 15) is 4.79 Å². The van der Waals surface area contributed by atoms with Crippen molar-refractivity contribution in [2.24, 2.45) is 0 Å². The van der Waals surface area contributed by atoms with Gasteiger partial charge in [0, 0.05) is 19.0 Å². The summed E-state index contributed by atoms with van der Waals surface area (Å²) in [6.07, 6.45) is 0.681. The highest BCUT2D eigenvalue weighted by Crippen LogP contribution is 2.06. The van der Waals surface area contributed by atoms with Crippen LogP contribution in [0.5, 0.6) is 0 Å². The van der Waals surface area contributed by atoms with Crippen LogP contribution < -0.4 is 0 Å². The molecule has 0 aromatic heterocycles. The Morgan fingerprint density at radius 2 is 2.09 bits per heavy atom. The number of hydrogen-bond donors (Lipinski definition) is 0. The summed E-state index contributed by atoms with van der Waals surface area (Å²) in [5.74, 6) is 0.177. The Balaban J connectivity index is 2.51. The fraction of sp³-hybridized carbons (Fsp3) is 0.625. The summed E-state index contributed by atoms with van der Waals surface area (Å²) < 4.78 is 0. The van der Waals surface area contributed by atoms with Crippen molar-refractivity contribution in [3.05, 3.63) is 0 Å². The normalized spacial score (nSPS) is 17.0. The monoisotopic (exact) mass is 167 g/mol. The minimum Gasteiger partial charge on any atom is -0.274 e. The summed E-state index contributed by atoms with van der Waals surface area (Å²) in [6.45, 7) is 7.34. The molecule has 1 fully saturated rings. The van der Waals surface area contributed by atoms with Gasteiger partial charge in [0.25, 0.3) is 0 Å². The summed E-state index contributed by atoms with van der Waals surface area (Å²) >= 11 is 0. The molecule has 0 aromatic carbocycles. The van der Waals surface area contributed by atoms with Gasteiger partial charge in [0.05, 0.1) is 0 Å². The zero-order valence-electron chi connectivity index (χ0n) is 7.27. The van der Waals surface area contributed by atoms with E-state index in [1.54, 1.807) is 4.90 Å².